The predicted molar refractivity (Wildman–Crippen MR) is 92.6 cm³/mol. The first-order chi connectivity index (χ1) is 11.7. The lowest BCUT2D eigenvalue weighted by molar-refractivity contribution is -0.133. The fourth-order valence-corrected chi connectivity index (χ4v) is 2.96. The van der Waals surface area contributed by atoms with Crippen LogP contribution in [-0.4, -0.2) is 35.1 Å². The number of hydrogen-bond donors (Lipinski definition) is 1. The SMILES string of the molecule is O=C(Cc1ccc(O)cc1)N1CCC(OCc2ccccc2)CC1. The highest BCUT2D eigenvalue weighted by Crippen LogP contribution is 2.17. The summed E-state index contributed by atoms with van der Waals surface area (Å²) in [5, 5.41) is 9.29. The topological polar surface area (TPSA) is 49.8 Å². The lowest BCUT2D eigenvalue weighted by atomic mass is 10.1. The van der Waals surface area contributed by atoms with Gasteiger partial charge in [0, 0.05) is 13.1 Å². The van der Waals surface area contributed by atoms with Crippen molar-refractivity contribution in [2.45, 2.75) is 32.0 Å². The van der Waals surface area contributed by atoms with Crippen LogP contribution in [0.25, 0.3) is 0 Å². The Labute approximate surface area is 142 Å². The van der Waals surface area contributed by atoms with Crippen LogP contribution in [0.15, 0.2) is 54.6 Å². The van der Waals surface area contributed by atoms with E-state index >= 15 is 0 Å². The summed E-state index contributed by atoms with van der Waals surface area (Å²) in [5.41, 5.74) is 2.11. The number of likely N-dealkylation sites (tertiary alicyclic amines) is 1. The zero-order chi connectivity index (χ0) is 16.8. The lowest BCUT2D eigenvalue weighted by Crippen LogP contribution is -2.41. The third-order valence-electron chi connectivity index (χ3n) is 4.41. The normalized spacial score (nSPS) is 15.4. The number of phenols is 1. The molecule has 24 heavy (non-hydrogen) atoms. The van der Waals surface area contributed by atoms with Gasteiger partial charge in [0.15, 0.2) is 0 Å². The second-order valence-electron chi connectivity index (χ2n) is 6.22. The zero-order valence-electron chi connectivity index (χ0n) is 13.7. The van der Waals surface area contributed by atoms with Crippen LogP contribution in [0, 0.1) is 0 Å². The molecule has 2 aromatic carbocycles. The standard InChI is InChI=1S/C20H23NO3/c22-18-8-6-16(7-9-18)14-20(23)21-12-10-19(11-13-21)24-15-17-4-2-1-3-5-17/h1-9,19,22H,10-15H2. The van der Waals surface area contributed by atoms with E-state index in [1.807, 2.05) is 23.1 Å². The van der Waals surface area contributed by atoms with E-state index in [-0.39, 0.29) is 17.8 Å². The Morgan fingerprint density at radius 2 is 1.67 bits per heavy atom. The molecule has 0 aliphatic carbocycles. The maximum absolute atomic E-state index is 12.4. The average molecular weight is 325 g/mol. The number of ether oxygens (including phenoxy) is 1. The van der Waals surface area contributed by atoms with Crippen LogP contribution < -0.4 is 0 Å². The molecular formula is C20H23NO3. The van der Waals surface area contributed by atoms with Crippen LogP contribution in [0.4, 0.5) is 0 Å². The maximum Gasteiger partial charge on any atom is 0.226 e. The molecule has 0 bridgehead atoms. The van der Waals surface area contributed by atoms with Gasteiger partial charge in [-0.2, -0.15) is 0 Å². The van der Waals surface area contributed by atoms with Crippen LogP contribution >= 0.6 is 0 Å². The molecule has 4 nitrogen and oxygen atoms in total. The van der Waals surface area contributed by atoms with Crippen molar-refractivity contribution in [3.8, 4) is 5.75 Å². The fraction of sp³-hybridized carbons (Fsp3) is 0.350. The molecule has 126 valence electrons. The first-order valence-electron chi connectivity index (χ1n) is 8.42. The van der Waals surface area contributed by atoms with Gasteiger partial charge in [0.25, 0.3) is 0 Å². The Morgan fingerprint density at radius 3 is 2.33 bits per heavy atom. The highest BCUT2D eigenvalue weighted by molar-refractivity contribution is 5.78. The number of amides is 1. The van der Waals surface area contributed by atoms with Crippen molar-refractivity contribution < 1.29 is 14.6 Å². The summed E-state index contributed by atoms with van der Waals surface area (Å²) in [6, 6.07) is 17.0. The van der Waals surface area contributed by atoms with Gasteiger partial charge >= 0.3 is 0 Å². The number of carbonyl (C=O) groups excluding carboxylic acids is 1. The summed E-state index contributed by atoms with van der Waals surface area (Å²) in [4.78, 5) is 14.3. The van der Waals surface area contributed by atoms with Crippen molar-refractivity contribution in [2.75, 3.05) is 13.1 Å². The minimum atomic E-state index is 0.141. The van der Waals surface area contributed by atoms with Crippen LogP contribution in [-0.2, 0) is 22.6 Å². The highest BCUT2D eigenvalue weighted by Gasteiger charge is 2.23. The van der Waals surface area contributed by atoms with Gasteiger partial charge in [-0.25, -0.2) is 0 Å². The van der Waals surface area contributed by atoms with Crippen molar-refractivity contribution >= 4 is 5.91 Å². The van der Waals surface area contributed by atoms with E-state index in [0.717, 1.165) is 31.5 Å². The van der Waals surface area contributed by atoms with Crippen molar-refractivity contribution in [1.82, 2.24) is 4.90 Å². The van der Waals surface area contributed by atoms with Crippen LogP contribution in [0.2, 0.25) is 0 Å². The molecule has 0 saturated carbocycles. The molecule has 0 atom stereocenters. The number of benzene rings is 2. The van der Waals surface area contributed by atoms with Gasteiger partial charge in [0.1, 0.15) is 5.75 Å². The molecule has 3 rings (SSSR count). The fourth-order valence-electron chi connectivity index (χ4n) is 2.96. The smallest absolute Gasteiger partial charge is 0.226 e. The molecule has 0 radical (unpaired) electrons. The number of rotatable bonds is 5. The van der Waals surface area contributed by atoms with E-state index in [4.69, 9.17) is 4.74 Å². The van der Waals surface area contributed by atoms with E-state index < -0.39 is 0 Å². The monoisotopic (exact) mass is 325 g/mol. The Bertz CT molecular complexity index is 646. The summed E-state index contributed by atoms with van der Waals surface area (Å²) in [6.07, 6.45) is 2.38. The molecule has 2 aromatic rings. The van der Waals surface area contributed by atoms with Gasteiger partial charge in [-0.3, -0.25) is 4.79 Å². The van der Waals surface area contributed by atoms with E-state index in [9.17, 15) is 9.90 Å². The number of nitrogens with zero attached hydrogens (tertiary/aromatic N) is 1. The molecule has 1 saturated heterocycles. The van der Waals surface area contributed by atoms with E-state index in [2.05, 4.69) is 12.1 Å². The van der Waals surface area contributed by atoms with Crippen molar-refractivity contribution in [3.63, 3.8) is 0 Å². The molecule has 0 aromatic heterocycles. The second-order valence-corrected chi connectivity index (χ2v) is 6.22. The molecular weight excluding hydrogens is 302 g/mol. The summed E-state index contributed by atoms with van der Waals surface area (Å²) in [5.74, 6) is 0.366. The molecule has 1 aliphatic heterocycles. The molecule has 1 fully saturated rings. The minimum absolute atomic E-state index is 0.141. The molecule has 1 amide bonds. The Balaban J connectivity index is 1.42. The number of aromatic hydroxyl groups is 1. The van der Waals surface area contributed by atoms with Gasteiger partial charge in [0.05, 0.1) is 19.1 Å². The van der Waals surface area contributed by atoms with E-state index in [1.165, 1.54) is 5.56 Å². The quantitative estimate of drug-likeness (QED) is 0.919. The third kappa shape index (κ3) is 4.59. The summed E-state index contributed by atoms with van der Waals surface area (Å²) in [6.45, 7) is 2.12. The van der Waals surface area contributed by atoms with Crippen LogP contribution in [0.3, 0.4) is 0 Å². The average Bonchev–Trinajstić information content (AvgIpc) is 2.63. The van der Waals surface area contributed by atoms with Crippen molar-refractivity contribution in [2.24, 2.45) is 0 Å². The van der Waals surface area contributed by atoms with Crippen LogP contribution in [0.5, 0.6) is 5.75 Å². The molecule has 0 unspecified atom stereocenters. The van der Waals surface area contributed by atoms with Gasteiger partial charge in [-0.05, 0) is 36.1 Å². The third-order valence-corrected chi connectivity index (χ3v) is 4.41. The molecule has 0 spiro atoms. The summed E-state index contributed by atoms with van der Waals surface area (Å²) in [7, 11) is 0. The van der Waals surface area contributed by atoms with Crippen LogP contribution in [0.1, 0.15) is 24.0 Å². The number of hydrogen-bond acceptors (Lipinski definition) is 3. The predicted octanol–water partition coefficient (Wildman–Crippen LogP) is 3.14. The van der Waals surface area contributed by atoms with Gasteiger partial charge in [-0.1, -0.05) is 42.5 Å². The second kappa shape index (κ2) is 7.97. The zero-order valence-corrected chi connectivity index (χ0v) is 13.7. The maximum atomic E-state index is 12.4. The molecule has 1 aliphatic rings. The first-order valence-corrected chi connectivity index (χ1v) is 8.42. The number of carbonyl (C=O) groups is 1. The van der Waals surface area contributed by atoms with Gasteiger partial charge in [0.2, 0.25) is 5.91 Å². The van der Waals surface area contributed by atoms with Gasteiger partial charge < -0.3 is 14.7 Å². The molecule has 4 heteroatoms. The molecule has 1 N–H and O–H groups in total. The Kier molecular flexibility index (Phi) is 5.49. The first kappa shape index (κ1) is 16.5. The van der Waals surface area contributed by atoms with E-state index in [1.54, 1.807) is 24.3 Å². The summed E-state index contributed by atoms with van der Waals surface area (Å²) >= 11 is 0. The minimum Gasteiger partial charge on any atom is -0.508 e. The van der Waals surface area contributed by atoms with Crippen molar-refractivity contribution in [1.29, 1.82) is 0 Å². The van der Waals surface area contributed by atoms with E-state index in [0.29, 0.717) is 13.0 Å². The Morgan fingerprint density at radius 1 is 1.00 bits per heavy atom. The Hall–Kier alpha value is -2.33. The molecule has 1 heterocycles. The number of piperidine rings is 1. The highest BCUT2D eigenvalue weighted by atomic mass is 16.5. The van der Waals surface area contributed by atoms with Gasteiger partial charge in [-0.15, -0.1) is 0 Å². The lowest BCUT2D eigenvalue weighted by Gasteiger charge is -2.32. The van der Waals surface area contributed by atoms with Crippen molar-refractivity contribution in [3.05, 3.63) is 65.7 Å². The summed E-state index contributed by atoms with van der Waals surface area (Å²) < 4.78 is 5.96. The largest absolute Gasteiger partial charge is 0.508 e. The number of phenolic OH excluding ortho intramolecular Hbond substituents is 1.